The van der Waals surface area contributed by atoms with Crippen LogP contribution in [0.1, 0.15) is 52.9 Å². The molecule has 3 heterocycles. The molecule has 0 atom stereocenters. The minimum absolute atomic E-state index is 0.182. The Hall–Kier alpha value is -2.14. The van der Waals surface area contributed by atoms with Gasteiger partial charge in [-0.15, -0.1) is 11.3 Å². The lowest BCUT2D eigenvalue weighted by Crippen LogP contribution is -2.34. The topological polar surface area (TPSA) is 40.6 Å². The normalized spacial score (nSPS) is 17.6. The maximum Gasteiger partial charge on any atom is 0.264 e. The van der Waals surface area contributed by atoms with E-state index in [1.165, 1.54) is 0 Å². The van der Waals surface area contributed by atoms with Crippen molar-refractivity contribution in [2.75, 3.05) is 19.6 Å². The van der Waals surface area contributed by atoms with Crippen molar-refractivity contribution in [2.24, 2.45) is 0 Å². The summed E-state index contributed by atoms with van der Waals surface area (Å²) in [5.74, 6) is 0.450. The third kappa shape index (κ3) is 3.93. The second-order valence-corrected chi connectivity index (χ2v) is 8.64. The second-order valence-electron chi connectivity index (χ2n) is 7.59. The highest BCUT2D eigenvalue weighted by Gasteiger charge is 2.23. The first-order valence-electron chi connectivity index (χ1n) is 9.88. The van der Waals surface area contributed by atoms with Gasteiger partial charge in [0.15, 0.2) is 0 Å². The van der Waals surface area contributed by atoms with Crippen LogP contribution in [-0.2, 0) is 11.3 Å². The molecule has 2 aliphatic heterocycles. The Morgan fingerprint density at radius 1 is 1.04 bits per heavy atom. The van der Waals surface area contributed by atoms with Crippen LogP contribution < -0.4 is 0 Å². The molecular formula is C22H26N2O2S. The molecule has 4 rings (SSSR count). The first-order valence-corrected chi connectivity index (χ1v) is 10.7. The third-order valence-electron chi connectivity index (χ3n) is 5.54. The molecule has 1 aromatic carbocycles. The van der Waals surface area contributed by atoms with Crippen molar-refractivity contribution in [1.82, 2.24) is 9.80 Å². The molecule has 0 unspecified atom stereocenters. The predicted octanol–water partition coefficient (Wildman–Crippen LogP) is 4.47. The highest BCUT2D eigenvalue weighted by Crippen LogP contribution is 2.33. The van der Waals surface area contributed by atoms with Gasteiger partial charge in [-0.2, -0.15) is 0 Å². The minimum atomic E-state index is 0.182. The van der Waals surface area contributed by atoms with Crippen LogP contribution in [0.15, 0.2) is 30.3 Å². The van der Waals surface area contributed by atoms with Gasteiger partial charge in [0.1, 0.15) is 0 Å². The van der Waals surface area contributed by atoms with Crippen LogP contribution in [0.3, 0.4) is 0 Å². The quantitative estimate of drug-likeness (QED) is 0.783. The molecule has 142 valence electrons. The number of nitrogens with zero attached hydrogens (tertiary/aromatic N) is 2. The van der Waals surface area contributed by atoms with Crippen LogP contribution in [0.4, 0.5) is 0 Å². The van der Waals surface area contributed by atoms with E-state index in [-0.39, 0.29) is 11.8 Å². The molecule has 2 saturated heterocycles. The number of hydrogen-bond acceptors (Lipinski definition) is 3. The van der Waals surface area contributed by atoms with E-state index in [2.05, 4.69) is 30.3 Å². The van der Waals surface area contributed by atoms with E-state index in [9.17, 15) is 9.59 Å². The van der Waals surface area contributed by atoms with E-state index in [4.69, 9.17) is 0 Å². The molecule has 0 bridgehead atoms. The van der Waals surface area contributed by atoms with Crippen LogP contribution in [0.25, 0.3) is 10.4 Å². The molecule has 27 heavy (non-hydrogen) atoms. The SMILES string of the molecule is Cc1cc(-c2ccc(CN3CCCCC3=O)cc2)sc1C(=O)N1CCCC1. The fraction of sp³-hybridized carbons (Fsp3) is 0.455. The van der Waals surface area contributed by atoms with Gasteiger partial charge in [0.2, 0.25) is 5.91 Å². The summed E-state index contributed by atoms with van der Waals surface area (Å²) in [5, 5.41) is 0. The standard InChI is InChI=1S/C22H26N2O2S/c1-16-14-19(27-21(16)22(26)23-11-4-5-12-23)18-9-7-17(8-10-18)15-24-13-3-2-6-20(24)25/h7-10,14H,2-6,11-13,15H2,1H3. The Morgan fingerprint density at radius 3 is 2.44 bits per heavy atom. The van der Waals surface area contributed by atoms with Crippen molar-refractivity contribution in [2.45, 2.75) is 45.6 Å². The summed E-state index contributed by atoms with van der Waals surface area (Å²) in [6.07, 6.45) is 5.03. The Bertz CT molecular complexity index is 834. The second kappa shape index (κ2) is 7.85. The highest BCUT2D eigenvalue weighted by atomic mass is 32.1. The van der Waals surface area contributed by atoms with Crippen molar-refractivity contribution in [1.29, 1.82) is 0 Å². The average molecular weight is 383 g/mol. The summed E-state index contributed by atoms with van der Waals surface area (Å²) in [6.45, 7) is 5.36. The molecule has 4 nitrogen and oxygen atoms in total. The predicted molar refractivity (Wildman–Crippen MR) is 109 cm³/mol. The van der Waals surface area contributed by atoms with E-state index >= 15 is 0 Å². The van der Waals surface area contributed by atoms with Gasteiger partial charge in [0.25, 0.3) is 5.91 Å². The number of carbonyl (C=O) groups excluding carboxylic acids is 2. The van der Waals surface area contributed by atoms with E-state index < -0.39 is 0 Å². The molecule has 2 aliphatic rings. The smallest absolute Gasteiger partial charge is 0.264 e. The van der Waals surface area contributed by atoms with E-state index in [0.29, 0.717) is 13.0 Å². The fourth-order valence-corrected chi connectivity index (χ4v) is 5.07. The van der Waals surface area contributed by atoms with Crippen LogP contribution >= 0.6 is 11.3 Å². The number of likely N-dealkylation sites (tertiary alicyclic amines) is 2. The summed E-state index contributed by atoms with van der Waals surface area (Å²) >= 11 is 1.59. The lowest BCUT2D eigenvalue weighted by Gasteiger charge is -2.26. The lowest BCUT2D eigenvalue weighted by atomic mass is 10.1. The Balaban J connectivity index is 1.48. The number of benzene rings is 1. The zero-order chi connectivity index (χ0) is 18.8. The number of hydrogen-bond donors (Lipinski definition) is 0. The van der Waals surface area contributed by atoms with Gasteiger partial charge >= 0.3 is 0 Å². The third-order valence-corrected chi connectivity index (χ3v) is 6.81. The van der Waals surface area contributed by atoms with E-state index in [1.54, 1.807) is 11.3 Å². The number of piperidine rings is 1. The van der Waals surface area contributed by atoms with Crippen LogP contribution in [0.2, 0.25) is 0 Å². The van der Waals surface area contributed by atoms with Crippen molar-refractivity contribution in [3.8, 4) is 10.4 Å². The molecule has 0 radical (unpaired) electrons. The molecule has 0 N–H and O–H groups in total. The summed E-state index contributed by atoms with van der Waals surface area (Å²) in [5.41, 5.74) is 3.36. The average Bonchev–Trinajstić information content (AvgIpc) is 3.34. The first kappa shape index (κ1) is 18.2. The van der Waals surface area contributed by atoms with Crippen molar-refractivity contribution >= 4 is 23.2 Å². The van der Waals surface area contributed by atoms with Crippen molar-refractivity contribution in [3.63, 3.8) is 0 Å². The minimum Gasteiger partial charge on any atom is -0.338 e. The van der Waals surface area contributed by atoms with Gasteiger partial charge < -0.3 is 9.80 Å². The van der Waals surface area contributed by atoms with Crippen molar-refractivity contribution < 1.29 is 9.59 Å². The summed E-state index contributed by atoms with van der Waals surface area (Å²) < 4.78 is 0. The number of aryl methyl sites for hydroxylation is 1. The Labute approximate surface area is 164 Å². The van der Waals surface area contributed by atoms with Gasteiger partial charge in [-0.3, -0.25) is 9.59 Å². The van der Waals surface area contributed by atoms with Gasteiger partial charge in [0, 0.05) is 37.5 Å². The van der Waals surface area contributed by atoms with Gasteiger partial charge in [-0.25, -0.2) is 0 Å². The van der Waals surface area contributed by atoms with Crippen LogP contribution in [-0.4, -0.2) is 41.2 Å². The molecule has 0 aliphatic carbocycles. The number of carbonyl (C=O) groups is 2. The molecule has 0 saturated carbocycles. The van der Waals surface area contributed by atoms with E-state index in [1.807, 2.05) is 16.7 Å². The Kier molecular flexibility index (Phi) is 5.30. The maximum absolute atomic E-state index is 12.7. The summed E-state index contributed by atoms with van der Waals surface area (Å²) in [7, 11) is 0. The molecule has 0 spiro atoms. The molecule has 2 amide bonds. The molecule has 1 aromatic heterocycles. The zero-order valence-corrected chi connectivity index (χ0v) is 16.7. The largest absolute Gasteiger partial charge is 0.338 e. The monoisotopic (exact) mass is 382 g/mol. The maximum atomic E-state index is 12.7. The zero-order valence-electron chi connectivity index (χ0n) is 15.9. The number of thiophene rings is 1. The van der Waals surface area contributed by atoms with Crippen LogP contribution in [0.5, 0.6) is 0 Å². The molecule has 2 fully saturated rings. The molecule has 2 aromatic rings. The molecule has 5 heteroatoms. The lowest BCUT2D eigenvalue weighted by molar-refractivity contribution is -0.133. The van der Waals surface area contributed by atoms with Gasteiger partial charge in [-0.1, -0.05) is 24.3 Å². The first-order chi connectivity index (χ1) is 13.1. The van der Waals surface area contributed by atoms with Gasteiger partial charge in [0.05, 0.1) is 4.88 Å². The molecular weight excluding hydrogens is 356 g/mol. The Morgan fingerprint density at radius 2 is 1.74 bits per heavy atom. The van der Waals surface area contributed by atoms with Crippen molar-refractivity contribution in [3.05, 3.63) is 46.3 Å². The fourth-order valence-electron chi connectivity index (χ4n) is 3.92. The summed E-state index contributed by atoms with van der Waals surface area (Å²) in [6, 6.07) is 10.6. The number of amides is 2. The van der Waals surface area contributed by atoms with Crippen LogP contribution in [0, 0.1) is 6.92 Å². The highest BCUT2D eigenvalue weighted by molar-refractivity contribution is 7.17. The van der Waals surface area contributed by atoms with E-state index in [0.717, 1.165) is 71.8 Å². The van der Waals surface area contributed by atoms with Gasteiger partial charge in [-0.05, 0) is 55.4 Å². The number of rotatable bonds is 4. The summed E-state index contributed by atoms with van der Waals surface area (Å²) in [4.78, 5) is 30.6.